The number of likely N-dealkylation sites (N-methyl/N-ethyl adjacent to an activating group) is 1. The molecular formula is C18H30N6O3. The van der Waals surface area contributed by atoms with Gasteiger partial charge in [0.2, 0.25) is 5.91 Å². The predicted molar refractivity (Wildman–Crippen MR) is 100 cm³/mol. The largest absolute Gasteiger partial charge is 0.377 e. The molecule has 0 spiro atoms. The molecule has 1 aromatic rings. The van der Waals surface area contributed by atoms with Crippen molar-refractivity contribution in [1.29, 1.82) is 0 Å². The SMILES string of the molecule is Cc1cnc(CN(C)C(=O)C[C@H]2COCCN2C(=O)N2CCN(C)CC2)[nH]1. The van der Waals surface area contributed by atoms with Crippen molar-refractivity contribution in [3.05, 3.63) is 17.7 Å². The standard InChI is InChI=1S/C18H30N6O3/c1-14-11-19-16(20-14)12-22(3)17(25)10-15-13-27-9-8-24(15)18(26)23-6-4-21(2)5-7-23/h11,15H,4-10,12-13H2,1-3H3,(H,19,20)/t15-/m0/s1. The number of nitrogens with zero attached hydrogens (tertiary/aromatic N) is 5. The zero-order valence-electron chi connectivity index (χ0n) is 16.5. The molecule has 9 heteroatoms. The van der Waals surface area contributed by atoms with Gasteiger partial charge in [0.05, 0.1) is 25.8 Å². The van der Waals surface area contributed by atoms with E-state index in [2.05, 4.69) is 21.9 Å². The molecule has 2 saturated heterocycles. The van der Waals surface area contributed by atoms with Gasteiger partial charge in [0.25, 0.3) is 0 Å². The van der Waals surface area contributed by atoms with Gasteiger partial charge in [-0.3, -0.25) is 4.79 Å². The number of aromatic nitrogens is 2. The lowest BCUT2D eigenvalue weighted by atomic mass is 10.1. The molecule has 27 heavy (non-hydrogen) atoms. The summed E-state index contributed by atoms with van der Waals surface area (Å²) in [6.45, 7) is 7.02. The maximum absolute atomic E-state index is 13.0. The number of imidazole rings is 1. The fourth-order valence-electron chi connectivity index (χ4n) is 3.47. The zero-order valence-corrected chi connectivity index (χ0v) is 16.5. The van der Waals surface area contributed by atoms with Crippen LogP contribution in [-0.4, -0.2) is 108 Å². The highest BCUT2D eigenvalue weighted by molar-refractivity contribution is 5.79. The summed E-state index contributed by atoms with van der Waals surface area (Å²) in [5, 5.41) is 0. The number of urea groups is 1. The number of amides is 3. The molecule has 1 N–H and O–H groups in total. The van der Waals surface area contributed by atoms with Crippen LogP contribution in [-0.2, 0) is 16.1 Å². The molecule has 0 unspecified atom stereocenters. The quantitative estimate of drug-likeness (QED) is 0.805. The van der Waals surface area contributed by atoms with E-state index in [9.17, 15) is 9.59 Å². The van der Waals surface area contributed by atoms with Crippen LogP contribution in [0.15, 0.2) is 6.20 Å². The third kappa shape index (κ3) is 4.98. The van der Waals surface area contributed by atoms with E-state index < -0.39 is 0 Å². The van der Waals surface area contributed by atoms with Crippen LogP contribution in [0.5, 0.6) is 0 Å². The lowest BCUT2D eigenvalue weighted by Gasteiger charge is -2.41. The second-order valence-electron chi connectivity index (χ2n) is 7.46. The summed E-state index contributed by atoms with van der Waals surface area (Å²) in [7, 11) is 3.82. The molecule has 0 saturated carbocycles. The lowest BCUT2D eigenvalue weighted by molar-refractivity contribution is -0.133. The Labute approximate surface area is 160 Å². The van der Waals surface area contributed by atoms with Gasteiger partial charge in [0, 0.05) is 58.1 Å². The number of ether oxygens (including phenoxy) is 1. The topological polar surface area (TPSA) is 85.0 Å². The zero-order chi connectivity index (χ0) is 19.4. The second-order valence-corrected chi connectivity index (χ2v) is 7.46. The van der Waals surface area contributed by atoms with Crippen molar-refractivity contribution in [3.63, 3.8) is 0 Å². The van der Waals surface area contributed by atoms with Crippen LogP contribution in [0.3, 0.4) is 0 Å². The van der Waals surface area contributed by atoms with E-state index in [-0.39, 0.29) is 24.4 Å². The fourth-order valence-corrected chi connectivity index (χ4v) is 3.47. The Balaban J connectivity index is 1.57. The molecule has 150 valence electrons. The number of morpholine rings is 1. The summed E-state index contributed by atoms with van der Waals surface area (Å²) in [6, 6.07) is -0.201. The van der Waals surface area contributed by atoms with Crippen molar-refractivity contribution < 1.29 is 14.3 Å². The predicted octanol–water partition coefficient (Wildman–Crippen LogP) is 0.135. The van der Waals surface area contributed by atoms with Crippen molar-refractivity contribution in [1.82, 2.24) is 29.6 Å². The van der Waals surface area contributed by atoms with Gasteiger partial charge < -0.3 is 29.3 Å². The number of H-pyrrole nitrogens is 1. The van der Waals surface area contributed by atoms with Crippen LogP contribution in [0.4, 0.5) is 4.79 Å². The maximum Gasteiger partial charge on any atom is 0.320 e. The molecule has 2 aliphatic heterocycles. The van der Waals surface area contributed by atoms with Gasteiger partial charge in [-0.1, -0.05) is 0 Å². The number of carbonyl (C=O) groups is 2. The Morgan fingerprint density at radius 3 is 2.70 bits per heavy atom. The Morgan fingerprint density at radius 2 is 2.04 bits per heavy atom. The van der Waals surface area contributed by atoms with Gasteiger partial charge in [-0.15, -0.1) is 0 Å². The lowest BCUT2D eigenvalue weighted by Crippen LogP contribution is -2.58. The molecule has 0 aromatic carbocycles. The highest BCUT2D eigenvalue weighted by Gasteiger charge is 2.33. The summed E-state index contributed by atoms with van der Waals surface area (Å²) < 4.78 is 5.56. The summed E-state index contributed by atoms with van der Waals surface area (Å²) >= 11 is 0. The normalized spacial score (nSPS) is 21.4. The number of carbonyl (C=O) groups excluding carboxylic acids is 2. The van der Waals surface area contributed by atoms with Crippen molar-refractivity contribution >= 4 is 11.9 Å². The molecule has 3 heterocycles. The van der Waals surface area contributed by atoms with E-state index in [0.29, 0.717) is 26.3 Å². The number of rotatable bonds is 4. The molecular weight excluding hydrogens is 348 g/mol. The number of aryl methyl sites for hydroxylation is 1. The minimum absolute atomic E-state index is 0.0178. The Kier molecular flexibility index (Phi) is 6.33. The van der Waals surface area contributed by atoms with Crippen LogP contribution >= 0.6 is 0 Å². The Bertz CT molecular complexity index is 655. The third-order valence-electron chi connectivity index (χ3n) is 5.23. The average molecular weight is 378 g/mol. The van der Waals surface area contributed by atoms with E-state index in [1.807, 2.05) is 16.7 Å². The average Bonchev–Trinajstić information content (AvgIpc) is 3.07. The highest BCUT2D eigenvalue weighted by Crippen LogP contribution is 2.16. The smallest absolute Gasteiger partial charge is 0.320 e. The second kappa shape index (κ2) is 8.71. The van der Waals surface area contributed by atoms with Crippen LogP contribution in [0.2, 0.25) is 0 Å². The van der Waals surface area contributed by atoms with Crippen LogP contribution in [0.1, 0.15) is 17.9 Å². The van der Waals surface area contributed by atoms with Crippen LogP contribution in [0.25, 0.3) is 0 Å². The highest BCUT2D eigenvalue weighted by atomic mass is 16.5. The molecule has 2 aliphatic rings. The van der Waals surface area contributed by atoms with E-state index in [1.165, 1.54) is 0 Å². The number of hydrogen-bond donors (Lipinski definition) is 1. The van der Waals surface area contributed by atoms with Crippen LogP contribution in [0, 0.1) is 6.92 Å². The first-order valence-electron chi connectivity index (χ1n) is 9.50. The molecule has 1 aromatic heterocycles. The van der Waals surface area contributed by atoms with Crippen molar-refractivity contribution in [2.75, 3.05) is 60.0 Å². The van der Waals surface area contributed by atoms with Crippen molar-refractivity contribution in [3.8, 4) is 0 Å². The molecule has 2 fully saturated rings. The number of piperazine rings is 1. The summed E-state index contributed by atoms with van der Waals surface area (Å²) in [5.41, 5.74) is 0.968. The molecule has 1 atom stereocenters. The van der Waals surface area contributed by atoms with Gasteiger partial charge in [-0.2, -0.15) is 0 Å². The minimum Gasteiger partial charge on any atom is -0.377 e. The number of hydrogen-bond acceptors (Lipinski definition) is 5. The van der Waals surface area contributed by atoms with Gasteiger partial charge in [0.15, 0.2) is 0 Å². The van der Waals surface area contributed by atoms with Gasteiger partial charge in [-0.25, -0.2) is 9.78 Å². The van der Waals surface area contributed by atoms with Crippen molar-refractivity contribution in [2.24, 2.45) is 0 Å². The van der Waals surface area contributed by atoms with Crippen LogP contribution < -0.4 is 0 Å². The first kappa shape index (κ1) is 19.6. The molecule has 3 amide bonds. The summed E-state index contributed by atoms with van der Waals surface area (Å²) in [5.74, 6) is 0.740. The first-order chi connectivity index (χ1) is 12.9. The maximum atomic E-state index is 13.0. The van der Waals surface area contributed by atoms with Gasteiger partial charge in [-0.05, 0) is 14.0 Å². The third-order valence-corrected chi connectivity index (χ3v) is 5.23. The molecule has 9 nitrogen and oxygen atoms in total. The van der Waals surface area contributed by atoms with Gasteiger partial charge in [0.1, 0.15) is 5.82 Å². The Morgan fingerprint density at radius 1 is 1.30 bits per heavy atom. The number of aromatic amines is 1. The van der Waals surface area contributed by atoms with E-state index in [0.717, 1.165) is 37.7 Å². The summed E-state index contributed by atoms with van der Waals surface area (Å²) in [6.07, 6.45) is 2.01. The minimum atomic E-state index is -0.223. The van der Waals surface area contributed by atoms with E-state index >= 15 is 0 Å². The first-order valence-corrected chi connectivity index (χ1v) is 9.50. The van der Waals surface area contributed by atoms with E-state index in [4.69, 9.17) is 4.74 Å². The fraction of sp³-hybridized carbons (Fsp3) is 0.722. The molecule has 0 aliphatic carbocycles. The van der Waals surface area contributed by atoms with Crippen molar-refractivity contribution in [2.45, 2.75) is 25.9 Å². The molecule has 3 rings (SSSR count). The monoisotopic (exact) mass is 378 g/mol. The number of nitrogens with one attached hydrogen (secondary N) is 1. The van der Waals surface area contributed by atoms with Gasteiger partial charge >= 0.3 is 6.03 Å². The Hall–Kier alpha value is -2.13. The van der Waals surface area contributed by atoms with E-state index in [1.54, 1.807) is 18.1 Å². The molecule has 0 bridgehead atoms. The molecule has 0 radical (unpaired) electrons. The summed E-state index contributed by atoms with van der Waals surface area (Å²) in [4.78, 5) is 40.6.